The van der Waals surface area contributed by atoms with Gasteiger partial charge in [-0.3, -0.25) is 4.98 Å². The van der Waals surface area contributed by atoms with Crippen molar-refractivity contribution in [2.75, 3.05) is 5.32 Å². The SMILES string of the molecule is NC(=S)c1ccc(NCc2ccncc2)cc1C(F)(F)F. The normalized spacial score (nSPS) is 11.2. The number of benzene rings is 1. The summed E-state index contributed by atoms with van der Waals surface area (Å²) in [5, 5.41) is 2.93. The van der Waals surface area contributed by atoms with Crippen LogP contribution in [0.1, 0.15) is 16.7 Å². The number of hydrogen-bond donors (Lipinski definition) is 2. The molecule has 7 heteroatoms. The van der Waals surface area contributed by atoms with E-state index in [1.54, 1.807) is 24.5 Å². The van der Waals surface area contributed by atoms with E-state index in [1.165, 1.54) is 12.1 Å². The number of aromatic nitrogens is 1. The Bertz CT molecular complexity index is 642. The first-order valence-corrected chi connectivity index (χ1v) is 6.42. The van der Waals surface area contributed by atoms with Crippen molar-refractivity contribution in [2.45, 2.75) is 12.7 Å². The summed E-state index contributed by atoms with van der Waals surface area (Å²) < 4.78 is 39.0. The zero-order valence-electron chi connectivity index (χ0n) is 10.8. The van der Waals surface area contributed by atoms with Crippen molar-refractivity contribution >= 4 is 22.9 Å². The molecule has 0 unspecified atom stereocenters. The van der Waals surface area contributed by atoms with Crippen LogP contribution in [0.3, 0.4) is 0 Å². The predicted molar refractivity (Wildman–Crippen MR) is 78.9 cm³/mol. The van der Waals surface area contributed by atoms with Gasteiger partial charge in [0.2, 0.25) is 0 Å². The van der Waals surface area contributed by atoms with Gasteiger partial charge in [0.25, 0.3) is 0 Å². The molecular weight excluding hydrogens is 299 g/mol. The zero-order valence-corrected chi connectivity index (χ0v) is 11.6. The molecule has 21 heavy (non-hydrogen) atoms. The highest BCUT2D eigenvalue weighted by molar-refractivity contribution is 7.80. The maximum atomic E-state index is 13.0. The molecule has 0 atom stereocenters. The van der Waals surface area contributed by atoms with Gasteiger partial charge in [-0.25, -0.2) is 0 Å². The Labute approximate surface area is 125 Å². The fraction of sp³-hybridized carbons (Fsp3) is 0.143. The largest absolute Gasteiger partial charge is 0.417 e. The van der Waals surface area contributed by atoms with Crippen LogP contribution in [0, 0.1) is 0 Å². The maximum absolute atomic E-state index is 13.0. The van der Waals surface area contributed by atoms with Gasteiger partial charge in [0.1, 0.15) is 4.99 Å². The van der Waals surface area contributed by atoms with Crippen molar-refractivity contribution in [1.82, 2.24) is 4.98 Å². The summed E-state index contributed by atoms with van der Waals surface area (Å²) in [6.45, 7) is 0.395. The van der Waals surface area contributed by atoms with Crippen molar-refractivity contribution in [2.24, 2.45) is 5.73 Å². The highest BCUT2D eigenvalue weighted by Gasteiger charge is 2.34. The summed E-state index contributed by atoms with van der Waals surface area (Å²) in [5.74, 6) is 0. The van der Waals surface area contributed by atoms with E-state index in [1.807, 2.05) is 0 Å². The van der Waals surface area contributed by atoms with Crippen LogP contribution >= 0.6 is 12.2 Å². The monoisotopic (exact) mass is 311 g/mol. The Morgan fingerprint density at radius 3 is 2.43 bits per heavy atom. The molecule has 0 saturated heterocycles. The Hall–Kier alpha value is -2.15. The lowest BCUT2D eigenvalue weighted by Crippen LogP contribution is -2.18. The molecule has 0 amide bonds. The molecule has 0 saturated carbocycles. The molecular formula is C14H12F3N3S. The Morgan fingerprint density at radius 1 is 1.19 bits per heavy atom. The van der Waals surface area contributed by atoms with Gasteiger partial charge in [0, 0.05) is 30.2 Å². The van der Waals surface area contributed by atoms with Gasteiger partial charge >= 0.3 is 6.18 Å². The molecule has 0 radical (unpaired) electrons. The fourth-order valence-corrected chi connectivity index (χ4v) is 1.99. The highest BCUT2D eigenvalue weighted by atomic mass is 32.1. The van der Waals surface area contributed by atoms with E-state index >= 15 is 0 Å². The second-order valence-corrected chi connectivity index (χ2v) is 4.77. The average Bonchev–Trinajstić information content (AvgIpc) is 2.45. The van der Waals surface area contributed by atoms with E-state index < -0.39 is 11.7 Å². The Kier molecular flexibility index (Phi) is 4.42. The molecule has 1 aromatic carbocycles. The number of nitrogens with one attached hydrogen (secondary N) is 1. The summed E-state index contributed by atoms with van der Waals surface area (Å²) in [6.07, 6.45) is -1.27. The van der Waals surface area contributed by atoms with E-state index in [9.17, 15) is 13.2 Å². The van der Waals surface area contributed by atoms with Crippen LogP contribution in [-0.2, 0) is 12.7 Å². The molecule has 2 rings (SSSR count). The zero-order chi connectivity index (χ0) is 15.5. The number of rotatable bonds is 4. The second-order valence-electron chi connectivity index (χ2n) is 4.33. The topological polar surface area (TPSA) is 50.9 Å². The van der Waals surface area contributed by atoms with Gasteiger partial charge in [-0.15, -0.1) is 0 Å². The minimum atomic E-state index is -4.51. The fourth-order valence-electron chi connectivity index (χ4n) is 1.81. The second kappa shape index (κ2) is 6.09. The third-order valence-corrected chi connectivity index (χ3v) is 3.06. The van der Waals surface area contributed by atoms with E-state index in [-0.39, 0.29) is 10.6 Å². The smallest absolute Gasteiger partial charge is 0.389 e. The van der Waals surface area contributed by atoms with Gasteiger partial charge in [0.05, 0.1) is 5.56 Å². The molecule has 0 aliphatic rings. The Balaban J connectivity index is 2.24. The van der Waals surface area contributed by atoms with Crippen LogP contribution in [0.5, 0.6) is 0 Å². The Morgan fingerprint density at radius 2 is 1.86 bits per heavy atom. The highest BCUT2D eigenvalue weighted by Crippen LogP contribution is 2.33. The quantitative estimate of drug-likeness (QED) is 0.850. The average molecular weight is 311 g/mol. The molecule has 0 aliphatic heterocycles. The summed E-state index contributed by atoms with van der Waals surface area (Å²) >= 11 is 4.65. The van der Waals surface area contributed by atoms with Crippen molar-refractivity contribution in [3.63, 3.8) is 0 Å². The van der Waals surface area contributed by atoms with Crippen molar-refractivity contribution < 1.29 is 13.2 Å². The van der Waals surface area contributed by atoms with Crippen LogP contribution in [0.2, 0.25) is 0 Å². The first-order valence-electron chi connectivity index (χ1n) is 6.02. The van der Waals surface area contributed by atoms with Crippen LogP contribution < -0.4 is 11.1 Å². The van der Waals surface area contributed by atoms with Gasteiger partial charge in [0.15, 0.2) is 0 Å². The molecule has 0 bridgehead atoms. The molecule has 2 aromatic rings. The summed E-state index contributed by atoms with van der Waals surface area (Å²) in [6, 6.07) is 7.36. The minimum Gasteiger partial charge on any atom is -0.389 e. The van der Waals surface area contributed by atoms with E-state index in [4.69, 9.17) is 5.73 Å². The molecule has 1 heterocycles. The molecule has 0 fully saturated rings. The maximum Gasteiger partial charge on any atom is 0.417 e. The van der Waals surface area contributed by atoms with Crippen LogP contribution in [0.15, 0.2) is 42.7 Å². The first kappa shape index (κ1) is 15.2. The third-order valence-electron chi connectivity index (χ3n) is 2.84. The lowest BCUT2D eigenvalue weighted by atomic mass is 10.1. The van der Waals surface area contributed by atoms with Gasteiger partial charge in [-0.2, -0.15) is 13.2 Å². The first-order chi connectivity index (χ1) is 9.88. The standard InChI is InChI=1S/C14H12F3N3S/c15-14(16,17)12-7-10(1-2-11(12)13(18)21)20-8-9-3-5-19-6-4-9/h1-7,20H,8H2,(H2,18,21). The van der Waals surface area contributed by atoms with E-state index in [0.29, 0.717) is 12.2 Å². The number of hydrogen-bond acceptors (Lipinski definition) is 3. The van der Waals surface area contributed by atoms with E-state index in [2.05, 4.69) is 22.5 Å². The third kappa shape index (κ3) is 3.91. The molecule has 1 aromatic heterocycles. The summed E-state index contributed by atoms with van der Waals surface area (Å²) in [4.78, 5) is 3.60. The van der Waals surface area contributed by atoms with Gasteiger partial charge in [-0.05, 0) is 35.9 Å². The number of halogens is 3. The molecule has 0 spiro atoms. The lowest BCUT2D eigenvalue weighted by Gasteiger charge is -2.14. The predicted octanol–water partition coefficient (Wildman–Crippen LogP) is 3.35. The summed E-state index contributed by atoms with van der Waals surface area (Å²) in [7, 11) is 0. The summed E-state index contributed by atoms with van der Waals surface area (Å²) in [5.41, 5.74) is 5.58. The molecule has 3 nitrogen and oxygen atoms in total. The number of nitrogens with zero attached hydrogens (tertiary/aromatic N) is 1. The van der Waals surface area contributed by atoms with Crippen LogP contribution in [0.25, 0.3) is 0 Å². The van der Waals surface area contributed by atoms with Crippen LogP contribution in [0.4, 0.5) is 18.9 Å². The van der Waals surface area contributed by atoms with E-state index in [0.717, 1.165) is 11.6 Å². The molecule has 0 aliphatic carbocycles. The van der Waals surface area contributed by atoms with Crippen LogP contribution in [-0.4, -0.2) is 9.97 Å². The van der Waals surface area contributed by atoms with Crippen molar-refractivity contribution in [1.29, 1.82) is 0 Å². The number of thiocarbonyl (C=S) groups is 1. The van der Waals surface area contributed by atoms with Gasteiger partial charge in [-0.1, -0.05) is 12.2 Å². The number of alkyl halides is 3. The van der Waals surface area contributed by atoms with Crippen molar-refractivity contribution in [3.8, 4) is 0 Å². The number of anilines is 1. The molecule has 110 valence electrons. The lowest BCUT2D eigenvalue weighted by molar-refractivity contribution is -0.137. The van der Waals surface area contributed by atoms with Gasteiger partial charge < -0.3 is 11.1 Å². The molecule has 3 N–H and O–H groups in total. The number of nitrogens with two attached hydrogens (primary N) is 1. The van der Waals surface area contributed by atoms with Crippen molar-refractivity contribution in [3.05, 3.63) is 59.4 Å². The number of pyridine rings is 1. The minimum absolute atomic E-state index is 0.174.